The van der Waals surface area contributed by atoms with Crippen molar-refractivity contribution in [2.75, 3.05) is 38.1 Å². The van der Waals surface area contributed by atoms with Crippen molar-refractivity contribution in [1.82, 2.24) is 19.6 Å². The van der Waals surface area contributed by atoms with Crippen molar-refractivity contribution in [1.29, 1.82) is 0 Å². The number of rotatable bonds is 8. The molecule has 1 saturated heterocycles. The van der Waals surface area contributed by atoms with Gasteiger partial charge < -0.3 is 29.0 Å². The smallest absolute Gasteiger partial charge is 0.409 e. The lowest BCUT2D eigenvalue weighted by Crippen LogP contribution is -2.52. The van der Waals surface area contributed by atoms with Crippen LogP contribution >= 0.6 is 22.6 Å². The number of carbonyl (C=O) groups is 3. The second-order valence-electron chi connectivity index (χ2n) is 8.76. The molecule has 202 valence electrons. The van der Waals surface area contributed by atoms with Gasteiger partial charge in [-0.3, -0.25) is 14.3 Å². The first-order valence-electron chi connectivity index (χ1n) is 12.3. The Kier molecular flexibility index (Phi) is 8.92. The zero-order valence-corrected chi connectivity index (χ0v) is 23.6. The number of aromatic nitrogens is 2. The molecule has 1 aliphatic rings. The molecule has 3 amide bonds. The molecule has 1 aliphatic heterocycles. The Morgan fingerprint density at radius 3 is 2.45 bits per heavy atom. The number of nitrogens with zero attached hydrogens (tertiary/aromatic N) is 4. The number of ether oxygens (including phenoxy) is 2. The third-order valence-corrected chi connectivity index (χ3v) is 6.84. The number of furan rings is 1. The fourth-order valence-electron chi connectivity index (χ4n) is 3.95. The van der Waals surface area contributed by atoms with Crippen LogP contribution in [0, 0.1) is 10.5 Å². The lowest BCUT2D eigenvalue weighted by atomic mass is 10.2. The quantitative estimate of drug-likeness (QED) is 0.371. The number of amides is 3. The summed E-state index contributed by atoms with van der Waals surface area (Å²) in [7, 11) is 0. The van der Waals surface area contributed by atoms with E-state index in [1.54, 1.807) is 48.9 Å². The van der Waals surface area contributed by atoms with E-state index in [1.807, 2.05) is 24.3 Å². The molecular weight excluding hydrogens is 605 g/mol. The van der Waals surface area contributed by atoms with Gasteiger partial charge in [-0.2, -0.15) is 5.10 Å². The van der Waals surface area contributed by atoms with Gasteiger partial charge in [-0.25, -0.2) is 4.79 Å². The highest BCUT2D eigenvalue weighted by Gasteiger charge is 2.29. The largest absolute Gasteiger partial charge is 0.486 e. The van der Waals surface area contributed by atoms with Gasteiger partial charge in [0.05, 0.1) is 18.0 Å². The van der Waals surface area contributed by atoms with E-state index >= 15 is 0 Å². The standard InChI is InChI=1S/C26H30IN5O6/c1-4-36-26(35)31-13-11-30(12-14-31)25(34)18(3)32-15-22(17(2)29-32)28-24(33)23-10-9-21(38-23)16-37-20-7-5-19(27)6-8-20/h5-10,15,18H,4,11-14,16H2,1-3H3,(H,28,33). The first-order chi connectivity index (χ1) is 18.2. The minimum Gasteiger partial charge on any atom is -0.486 e. The van der Waals surface area contributed by atoms with Crippen molar-refractivity contribution in [2.24, 2.45) is 0 Å². The Bertz CT molecular complexity index is 1280. The maximum absolute atomic E-state index is 13.1. The van der Waals surface area contributed by atoms with Crippen LogP contribution in [0.2, 0.25) is 0 Å². The topological polar surface area (TPSA) is 119 Å². The van der Waals surface area contributed by atoms with E-state index in [9.17, 15) is 14.4 Å². The van der Waals surface area contributed by atoms with Crippen molar-refractivity contribution in [3.8, 4) is 5.75 Å². The van der Waals surface area contributed by atoms with Gasteiger partial charge in [-0.15, -0.1) is 0 Å². The minimum atomic E-state index is -0.581. The van der Waals surface area contributed by atoms with E-state index in [4.69, 9.17) is 13.9 Å². The summed E-state index contributed by atoms with van der Waals surface area (Å²) >= 11 is 2.22. The molecule has 1 aromatic carbocycles. The second-order valence-corrected chi connectivity index (χ2v) is 10.0. The van der Waals surface area contributed by atoms with Crippen molar-refractivity contribution in [3.05, 3.63) is 63.4 Å². The molecule has 1 N–H and O–H groups in total. The van der Waals surface area contributed by atoms with E-state index < -0.39 is 11.9 Å². The van der Waals surface area contributed by atoms with Gasteiger partial charge in [0.2, 0.25) is 5.91 Å². The molecule has 4 rings (SSSR count). The molecule has 2 aromatic heterocycles. The summed E-state index contributed by atoms with van der Waals surface area (Å²) in [6, 6.07) is 10.3. The summed E-state index contributed by atoms with van der Waals surface area (Å²) in [5.41, 5.74) is 1.05. The summed E-state index contributed by atoms with van der Waals surface area (Å²) < 4.78 is 19.0. The molecule has 3 heterocycles. The van der Waals surface area contributed by atoms with Gasteiger partial charge in [0.25, 0.3) is 5.91 Å². The summed E-state index contributed by atoms with van der Waals surface area (Å²) in [6.45, 7) is 7.44. The van der Waals surface area contributed by atoms with Crippen LogP contribution in [0.4, 0.5) is 10.5 Å². The number of halogens is 1. The van der Waals surface area contributed by atoms with E-state index in [0.717, 1.165) is 3.57 Å². The lowest BCUT2D eigenvalue weighted by Gasteiger charge is -2.35. The number of aryl methyl sites for hydroxylation is 1. The predicted molar refractivity (Wildman–Crippen MR) is 147 cm³/mol. The van der Waals surface area contributed by atoms with Gasteiger partial charge in [-0.05, 0) is 79.8 Å². The summed E-state index contributed by atoms with van der Waals surface area (Å²) in [5.74, 6) is 0.825. The Balaban J connectivity index is 1.32. The lowest BCUT2D eigenvalue weighted by molar-refractivity contribution is -0.136. The number of hydrogen-bond donors (Lipinski definition) is 1. The maximum atomic E-state index is 13.1. The molecule has 38 heavy (non-hydrogen) atoms. The van der Waals surface area contributed by atoms with Gasteiger partial charge >= 0.3 is 6.09 Å². The van der Waals surface area contributed by atoms with Gasteiger partial charge in [0.15, 0.2) is 5.76 Å². The number of benzene rings is 1. The van der Waals surface area contributed by atoms with E-state index in [-0.39, 0.29) is 24.4 Å². The van der Waals surface area contributed by atoms with Crippen molar-refractivity contribution >= 4 is 46.2 Å². The molecule has 0 radical (unpaired) electrons. The molecule has 1 unspecified atom stereocenters. The van der Waals surface area contributed by atoms with Gasteiger partial charge in [-0.1, -0.05) is 0 Å². The first-order valence-corrected chi connectivity index (χ1v) is 13.4. The Morgan fingerprint density at radius 1 is 1.08 bits per heavy atom. The molecule has 3 aromatic rings. The summed E-state index contributed by atoms with van der Waals surface area (Å²) in [6.07, 6.45) is 1.27. The van der Waals surface area contributed by atoms with Crippen LogP contribution in [-0.4, -0.2) is 70.3 Å². The second kappa shape index (κ2) is 12.3. The first kappa shape index (κ1) is 27.5. The van der Waals surface area contributed by atoms with Crippen LogP contribution in [0.25, 0.3) is 0 Å². The zero-order chi connectivity index (χ0) is 27.2. The molecule has 1 atom stereocenters. The average molecular weight is 635 g/mol. The maximum Gasteiger partial charge on any atom is 0.409 e. The van der Waals surface area contributed by atoms with Crippen molar-refractivity contribution in [3.63, 3.8) is 0 Å². The van der Waals surface area contributed by atoms with Crippen LogP contribution in [0.1, 0.15) is 41.9 Å². The molecule has 12 heteroatoms. The van der Waals surface area contributed by atoms with E-state index in [1.165, 1.54) is 4.68 Å². The Morgan fingerprint density at radius 2 is 1.76 bits per heavy atom. The summed E-state index contributed by atoms with van der Waals surface area (Å²) in [4.78, 5) is 41.1. The number of nitrogens with one attached hydrogen (secondary N) is 1. The highest BCUT2D eigenvalue weighted by atomic mass is 127. The zero-order valence-electron chi connectivity index (χ0n) is 21.5. The van der Waals surface area contributed by atoms with Crippen LogP contribution in [0.15, 0.2) is 47.0 Å². The van der Waals surface area contributed by atoms with Crippen molar-refractivity contribution < 1.29 is 28.3 Å². The normalized spacial score (nSPS) is 14.2. The molecule has 1 fully saturated rings. The van der Waals surface area contributed by atoms with Crippen LogP contribution in [0.3, 0.4) is 0 Å². The van der Waals surface area contributed by atoms with E-state index in [2.05, 4.69) is 33.0 Å². The predicted octanol–water partition coefficient (Wildman–Crippen LogP) is 4.08. The third kappa shape index (κ3) is 6.65. The van der Waals surface area contributed by atoms with Crippen LogP contribution in [0.5, 0.6) is 5.75 Å². The highest BCUT2D eigenvalue weighted by molar-refractivity contribution is 14.1. The molecular formula is C26H30IN5O6. The van der Waals surface area contributed by atoms with Crippen LogP contribution < -0.4 is 10.1 Å². The minimum absolute atomic E-state index is 0.113. The Labute approximate surface area is 234 Å². The molecule has 0 aliphatic carbocycles. The number of piperazine rings is 1. The fourth-order valence-corrected chi connectivity index (χ4v) is 4.31. The number of hydrogen-bond acceptors (Lipinski definition) is 7. The van der Waals surface area contributed by atoms with Gasteiger partial charge in [0, 0.05) is 35.9 Å². The van der Waals surface area contributed by atoms with Crippen molar-refractivity contribution in [2.45, 2.75) is 33.4 Å². The molecule has 0 bridgehead atoms. The number of anilines is 1. The molecule has 0 spiro atoms. The number of carbonyl (C=O) groups excluding carboxylic acids is 3. The molecule has 11 nitrogen and oxygen atoms in total. The monoisotopic (exact) mass is 635 g/mol. The Hall–Kier alpha value is -3.55. The van der Waals surface area contributed by atoms with Gasteiger partial charge in [0.1, 0.15) is 24.2 Å². The SMILES string of the molecule is CCOC(=O)N1CCN(C(=O)C(C)n2cc(NC(=O)c3ccc(COc4ccc(I)cc4)o3)c(C)n2)CC1. The third-order valence-electron chi connectivity index (χ3n) is 6.12. The summed E-state index contributed by atoms with van der Waals surface area (Å²) in [5, 5.41) is 7.24. The fraction of sp³-hybridized carbons (Fsp3) is 0.385. The van der Waals surface area contributed by atoms with Crippen LogP contribution in [-0.2, 0) is 16.1 Å². The van der Waals surface area contributed by atoms with E-state index in [0.29, 0.717) is 55.7 Å². The highest BCUT2D eigenvalue weighted by Crippen LogP contribution is 2.21. The molecule has 0 saturated carbocycles. The average Bonchev–Trinajstić information content (AvgIpc) is 3.54.